The van der Waals surface area contributed by atoms with Crippen molar-refractivity contribution in [3.8, 4) is 0 Å². The Morgan fingerprint density at radius 1 is 1.08 bits per heavy atom. The minimum Gasteiger partial charge on any atom is -0.481 e. The average Bonchev–Trinajstić information content (AvgIpc) is 2.53. The molecule has 0 bridgehead atoms. The minimum absolute atomic E-state index is 0.0503. The standard InChI is InChI=1S/C14H17Cl2N3O6/c15-4-6-17(7-5-16)12-9-11(18(22)23)10(2-1-3-14(20)21)8-13(12)19(24)25/h8-9H,1-7H2,(H,20,21). The first-order valence-electron chi connectivity index (χ1n) is 7.36. The molecule has 0 spiro atoms. The molecule has 0 unspecified atom stereocenters. The molecule has 0 amide bonds. The van der Waals surface area contributed by atoms with E-state index in [-0.39, 0.29) is 66.7 Å². The van der Waals surface area contributed by atoms with Gasteiger partial charge in [0.15, 0.2) is 0 Å². The Morgan fingerprint density at radius 2 is 1.64 bits per heavy atom. The molecule has 0 heterocycles. The number of aryl methyl sites for hydroxylation is 1. The molecule has 1 rings (SSSR count). The fourth-order valence-corrected chi connectivity index (χ4v) is 2.77. The van der Waals surface area contributed by atoms with Gasteiger partial charge in [0, 0.05) is 49.0 Å². The van der Waals surface area contributed by atoms with Gasteiger partial charge in [0.25, 0.3) is 11.4 Å². The number of halogens is 2. The Balaban J connectivity index is 3.36. The Bertz CT molecular complexity index is 650. The second-order valence-electron chi connectivity index (χ2n) is 5.10. The normalized spacial score (nSPS) is 10.5. The van der Waals surface area contributed by atoms with Crippen LogP contribution >= 0.6 is 23.2 Å². The summed E-state index contributed by atoms with van der Waals surface area (Å²) in [6.07, 6.45) is 0.00577. The third-order valence-electron chi connectivity index (χ3n) is 3.46. The maximum Gasteiger partial charge on any atom is 0.303 e. The van der Waals surface area contributed by atoms with Crippen molar-refractivity contribution in [1.29, 1.82) is 0 Å². The first-order valence-corrected chi connectivity index (χ1v) is 8.43. The predicted molar refractivity (Wildman–Crippen MR) is 94.0 cm³/mol. The highest BCUT2D eigenvalue weighted by Gasteiger charge is 2.27. The van der Waals surface area contributed by atoms with Gasteiger partial charge in [-0.05, 0) is 12.8 Å². The molecule has 0 aliphatic heterocycles. The van der Waals surface area contributed by atoms with Crippen molar-refractivity contribution in [3.05, 3.63) is 37.9 Å². The molecule has 1 aromatic rings. The largest absolute Gasteiger partial charge is 0.481 e. The van der Waals surface area contributed by atoms with Crippen molar-refractivity contribution < 1.29 is 19.7 Å². The lowest BCUT2D eigenvalue weighted by atomic mass is 10.0. The summed E-state index contributed by atoms with van der Waals surface area (Å²) in [6.45, 7) is 0.481. The summed E-state index contributed by atoms with van der Waals surface area (Å²) in [5.41, 5.74) is -0.398. The SMILES string of the molecule is O=C(O)CCCc1cc([N+](=O)[O-])c(N(CCCl)CCCl)cc1[N+](=O)[O-]. The van der Waals surface area contributed by atoms with Crippen molar-refractivity contribution in [3.63, 3.8) is 0 Å². The summed E-state index contributed by atoms with van der Waals surface area (Å²) in [4.78, 5) is 33.6. The number of nitro benzene ring substituents is 2. The van der Waals surface area contributed by atoms with Crippen LogP contribution in [-0.4, -0.2) is 45.8 Å². The number of nitrogens with zero attached hydrogens (tertiary/aromatic N) is 3. The molecule has 0 aliphatic carbocycles. The monoisotopic (exact) mass is 393 g/mol. The van der Waals surface area contributed by atoms with Crippen molar-refractivity contribution in [2.45, 2.75) is 19.3 Å². The van der Waals surface area contributed by atoms with E-state index < -0.39 is 15.8 Å². The summed E-state index contributed by atoms with van der Waals surface area (Å²) < 4.78 is 0. The summed E-state index contributed by atoms with van der Waals surface area (Å²) in [7, 11) is 0. The van der Waals surface area contributed by atoms with Crippen molar-refractivity contribution >= 4 is 46.2 Å². The van der Waals surface area contributed by atoms with Crippen LogP contribution in [0.25, 0.3) is 0 Å². The van der Waals surface area contributed by atoms with Gasteiger partial charge in [-0.1, -0.05) is 0 Å². The number of hydrogen-bond donors (Lipinski definition) is 1. The zero-order valence-corrected chi connectivity index (χ0v) is 14.7. The molecule has 0 aliphatic rings. The van der Waals surface area contributed by atoms with Crippen LogP contribution in [0.3, 0.4) is 0 Å². The third-order valence-corrected chi connectivity index (χ3v) is 3.79. The van der Waals surface area contributed by atoms with Gasteiger partial charge in [0.05, 0.1) is 9.85 Å². The van der Waals surface area contributed by atoms with Crippen molar-refractivity contribution in [1.82, 2.24) is 0 Å². The van der Waals surface area contributed by atoms with Gasteiger partial charge in [-0.3, -0.25) is 25.0 Å². The molecule has 0 radical (unpaired) electrons. The van der Waals surface area contributed by atoms with Gasteiger partial charge in [-0.15, -0.1) is 23.2 Å². The molecule has 0 saturated carbocycles. The summed E-state index contributed by atoms with van der Waals surface area (Å²) >= 11 is 11.4. The van der Waals surface area contributed by atoms with Crippen LogP contribution in [0.5, 0.6) is 0 Å². The first kappa shape index (κ1) is 20.9. The number of nitro groups is 2. The minimum atomic E-state index is -1.04. The quantitative estimate of drug-likeness (QED) is 0.347. The van der Waals surface area contributed by atoms with E-state index in [4.69, 9.17) is 28.3 Å². The predicted octanol–water partition coefficient (Wildman–Crippen LogP) is 3.19. The molecule has 25 heavy (non-hydrogen) atoms. The van der Waals surface area contributed by atoms with Crippen LogP contribution in [0.2, 0.25) is 0 Å². The molecule has 1 aromatic carbocycles. The van der Waals surface area contributed by atoms with E-state index in [1.165, 1.54) is 4.90 Å². The molecule has 0 fully saturated rings. The molecule has 138 valence electrons. The fraction of sp³-hybridized carbons (Fsp3) is 0.500. The summed E-state index contributed by atoms with van der Waals surface area (Å²) in [5, 5.41) is 31.4. The Kier molecular flexibility index (Phi) is 8.36. The number of alkyl halides is 2. The number of carboxylic acids is 1. The van der Waals surface area contributed by atoms with Gasteiger partial charge in [-0.25, -0.2) is 0 Å². The van der Waals surface area contributed by atoms with E-state index in [1.54, 1.807) is 0 Å². The lowest BCUT2D eigenvalue weighted by Crippen LogP contribution is -2.28. The van der Waals surface area contributed by atoms with Gasteiger partial charge in [-0.2, -0.15) is 0 Å². The van der Waals surface area contributed by atoms with E-state index in [1.807, 2.05) is 0 Å². The summed E-state index contributed by atoms with van der Waals surface area (Å²) in [5.74, 6) is -0.700. The number of carbonyl (C=O) groups is 1. The highest BCUT2D eigenvalue weighted by molar-refractivity contribution is 6.18. The zero-order chi connectivity index (χ0) is 19.0. The van der Waals surface area contributed by atoms with Crippen LogP contribution in [-0.2, 0) is 11.2 Å². The second-order valence-corrected chi connectivity index (χ2v) is 5.85. The van der Waals surface area contributed by atoms with Crippen LogP contribution in [0.1, 0.15) is 18.4 Å². The highest BCUT2D eigenvalue weighted by Crippen LogP contribution is 2.36. The Morgan fingerprint density at radius 3 is 2.08 bits per heavy atom. The van der Waals surface area contributed by atoms with Gasteiger partial charge in [0.2, 0.25) is 0 Å². The number of aliphatic carboxylic acids is 1. The third kappa shape index (κ3) is 6.02. The Hall–Kier alpha value is -2.13. The van der Waals surface area contributed by atoms with Crippen LogP contribution in [0.4, 0.5) is 17.1 Å². The lowest BCUT2D eigenvalue weighted by molar-refractivity contribution is -0.389. The van der Waals surface area contributed by atoms with E-state index in [0.29, 0.717) is 0 Å². The molecule has 0 saturated heterocycles. The smallest absolute Gasteiger partial charge is 0.303 e. The van der Waals surface area contributed by atoms with E-state index in [0.717, 1.165) is 12.1 Å². The number of hydrogen-bond acceptors (Lipinski definition) is 6. The molecule has 0 aromatic heterocycles. The zero-order valence-electron chi connectivity index (χ0n) is 13.2. The second kappa shape index (κ2) is 10.00. The average molecular weight is 394 g/mol. The van der Waals surface area contributed by atoms with E-state index in [2.05, 4.69) is 0 Å². The lowest BCUT2D eigenvalue weighted by Gasteiger charge is -2.22. The fourth-order valence-electron chi connectivity index (χ4n) is 2.37. The maximum atomic E-state index is 11.4. The van der Waals surface area contributed by atoms with E-state index >= 15 is 0 Å². The van der Waals surface area contributed by atoms with Gasteiger partial charge < -0.3 is 10.0 Å². The number of anilines is 1. The molecule has 9 nitrogen and oxygen atoms in total. The first-order chi connectivity index (χ1) is 11.8. The highest BCUT2D eigenvalue weighted by atomic mass is 35.5. The number of carboxylic acid groups (broad SMARTS) is 1. The van der Waals surface area contributed by atoms with Crippen LogP contribution in [0, 0.1) is 20.2 Å². The van der Waals surface area contributed by atoms with Crippen LogP contribution in [0.15, 0.2) is 12.1 Å². The van der Waals surface area contributed by atoms with Crippen LogP contribution < -0.4 is 4.90 Å². The van der Waals surface area contributed by atoms with Gasteiger partial charge >= 0.3 is 5.97 Å². The topological polar surface area (TPSA) is 127 Å². The van der Waals surface area contributed by atoms with Crippen molar-refractivity contribution in [2.75, 3.05) is 29.7 Å². The molecule has 11 heteroatoms. The van der Waals surface area contributed by atoms with Crippen molar-refractivity contribution in [2.24, 2.45) is 0 Å². The Labute approximate surface area is 153 Å². The molecular weight excluding hydrogens is 377 g/mol. The molecule has 1 N–H and O–H groups in total. The van der Waals surface area contributed by atoms with Gasteiger partial charge in [0.1, 0.15) is 5.69 Å². The number of benzene rings is 1. The summed E-state index contributed by atoms with van der Waals surface area (Å²) in [6, 6.07) is 2.26. The molecule has 0 atom stereocenters. The van der Waals surface area contributed by atoms with E-state index in [9.17, 15) is 25.0 Å². The molecular formula is C14H17Cl2N3O6. The number of rotatable bonds is 11. The maximum absolute atomic E-state index is 11.4.